The standard InChI is InChI=1S/C12H17NO.C6H8ClN3.C2H6/c1-13-9-4-3-6-11-7-5-8-12(10-11)14-2;1-6-2-3-10(9-6)5-8-4-7;1-2/h3,5-9,11H,4,10H2,1-2H3;2-4H,5H2,1H3;1-2H3/b6-3+,13-9?;8-4+;. The third-order valence-electron chi connectivity index (χ3n) is 3.22. The van der Waals surface area contributed by atoms with Crippen LogP contribution in [0.3, 0.4) is 0 Å². The van der Waals surface area contributed by atoms with Crippen molar-refractivity contribution in [3.63, 3.8) is 0 Å². The molecule has 144 valence electrons. The van der Waals surface area contributed by atoms with Gasteiger partial charge in [0.2, 0.25) is 0 Å². The van der Waals surface area contributed by atoms with E-state index in [0.29, 0.717) is 12.6 Å². The van der Waals surface area contributed by atoms with Crippen LogP contribution < -0.4 is 0 Å². The maximum atomic E-state index is 5.23. The van der Waals surface area contributed by atoms with E-state index in [1.165, 1.54) is 5.67 Å². The van der Waals surface area contributed by atoms with Gasteiger partial charge in [-0.25, -0.2) is 0 Å². The fraction of sp³-hybridized carbons (Fsp3) is 0.450. The number of ether oxygens (including phenoxy) is 1. The molecular formula is C20H31ClN4O. The Kier molecular flexibility index (Phi) is 15.0. The SMILES string of the molecule is CC.CN=CC/C=C/C1C=CC=C(OC)C1.Cc1ccn(C/N=C/Cl)n1. The summed E-state index contributed by atoms with van der Waals surface area (Å²) in [5.41, 5.74) is 2.24. The first kappa shape index (κ1) is 23.9. The average Bonchev–Trinajstić information content (AvgIpc) is 3.11. The van der Waals surface area contributed by atoms with Gasteiger partial charge < -0.3 is 9.73 Å². The summed E-state index contributed by atoms with van der Waals surface area (Å²) < 4.78 is 6.91. The Morgan fingerprint density at radius 2 is 2.19 bits per heavy atom. The summed E-state index contributed by atoms with van der Waals surface area (Å²) in [6.07, 6.45) is 16.2. The molecule has 6 heteroatoms. The first-order valence-electron chi connectivity index (χ1n) is 8.76. The minimum absolute atomic E-state index is 0.472. The molecule has 0 aromatic carbocycles. The quantitative estimate of drug-likeness (QED) is 0.505. The van der Waals surface area contributed by atoms with Gasteiger partial charge in [-0.2, -0.15) is 5.10 Å². The Morgan fingerprint density at radius 1 is 1.42 bits per heavy atom. The smallest absolute Gasteiger partial charge is 0.132 e. The van der Waals surface area contributed by atoms with Crippen molar-refractivity contribution in [2.75, 3.05) is 14.2 Å². The van der Waals surface area contributed by atoms with Crippen molar-refractivity contribution >= 4 is 23.5 Å². The molecule has 0 aliphatic heterocycles. The highest BCUT2D eigenvalue weighted by Crippen LogP contribution is 2.19. The molecular weight excluding hydrogens is 348 g/mol. The number of halogens is 1. The number of aliphatic imine (C=N–C) groups is 2. The first-order valence-corrected chi connectivity index (χ1v) is 9.20. The Balaban J connectivity index is 0.000000458. The van der Waals surface area contributed by atoms with Gasteiger partial charge in [0.25, 0.3) is 0 Å². The first-order chi connectivity index (χ1) is 12.7. The van der Waals surface area contributed by atoms with Gasteiger partial charge in [0.05, 0.1) is 24.2 Å². The maximum absolute atomic E-state index is 5.23. The molecule has 0 N–H and O–H groups in total. The van der Waals surface area contributed by atoms with E-state index in [0.717, 1.165) is 24.3 Å². The topological polar surface area (TPSA) is 51.8 Å². The van der Waals surface area contributed by atoms with Crippen LogP contribution in [0.15, 0.2) is 58.4 Å². The number of aromatic nitrogens is 2. The van der Waals surface area contributed by atoms with Crippen LogP contribution in [0, 0.1) is 12.8 Å². The van der Waals surface area contributed by atoms with Crippen LogP contribution in [0.1, 0.15) is 32.4 Å². The van der Waals surface area contributed by atoms with E-state index >= 15 is 0 Å². The van der Waals surface area contributed by atoms with Gasteiger partial charge in [-0.3, -0.25) is 9.67 Å². The Bertz CT molecular complexity index is 615. The van der Waals surface area contributed by atoms with Crippen LogP contribution in [0.4, 0.5) is 0 Å². The molecule has 0 amide bonds. The lowest BCUT2D eigenvalue weighted by molar-refractivity contribution is 0.270. The molecule has 1 aliphatic rings. The third kappa shape index (κ3) is 11.4. The summed E-state index contributed by atoms with van der Waals surface area (Å²) >= 11 is 5.23. The van der Waals surface area contributed by atoms with Crippen LogP contribution in [0.25, 0.3) is 0 Å². The van der Waals surface area contributed by atoms with E-state index in [1.807, 2.05) is 51.4 Å². The monoisotopic (exact) mass is 378 g/mol. The predicted molar refractivity (Wildman–Crippen MR) is 113 cm³/mol. The van der Waals surface area contributed by atoms with E-state index in [9.17, 15) is 0 Å². The maximum Gasteiger partial charge on any atom is 0.132 e. The molecule has 0 fully saturated rings. The van der Waals surface area contributed by atoms with Crippen molar-refractivity contribution in [1.29, 1.82) is 0 Å². The summed E-state index contributed by atoms with van der Waals surface area (Å²) in [6.45, 7) is 6.43. The molecule has 2 rings (SSSR count). The second kappa shape index (κ2) is 16.3. The van der Waals surface area contributed by atoms with Gasteiger partial charge in [0, 0.05) is 38.2 Å². The molecule has 1 atom stereocenters. The molecule has 1 unspecified atom stereocenters. The summed E-state index contributed by atoms with van der Waals surface area (Å²) in [7, 11) is 3.51. The highest BCUT2D eigenvalue weighted by molar-refractivity contribution is 6.56. The molecule has 0 spiro atoms. The number of allylic oxidation sites excluding steroid dienone is 6. The molecule has 0 saturated heterocycles. The van der Waals surface area contributed by atoms with E-state index in [-0.39, 0.29) is 0 Å². The summed E-state index contributed by atoms with van der Waals surface area (Å²) in [4.78, 5) is 7.72. The van der Waals surface area contributed by atoms with Crippen LogP contribution in [0.5, 0.6) is 0 Å². The lowest BCUT2D eigenvalue weighted by Crippen LogP contribution is -2.00. The molecule has 1 aromatic rings. The predicted octanol–water partition coefficient (Wildman–Crippen LogP) is 5.18. The average molecular weight is 379 g/mol. The van der Waals surface area contributed by atoms with Crippen LogP contribution in [-0.4, -0.2) is 35.8 Å². The van der Waals surface area contributed by atoms with E-state index in [4.69, 9.17) is 16.3 Å². The normalized spacial score (nSPS) is 16.2. The molecule has 1 aromatic heterocycles. The molecule has 5 nitrogen and oxygen atoms in total. The van der Waals surface area contributed by atoms with Crippen LogP contribution in [0.2, 0.25) is 0 Å². The lowest BCUT2D eigenvalue weighted by atomic mass is 9.99. The van der Waals surface area contributed by atoms with Crippen molar-refractivity contribution in [3.05, 3.63) is 54.1 Å². The zero-order chi connectivity index (χ0) is 19.6. The number of hydrogen-bond acceptors (Lipinski definition) is 4. The zero-order valence-electron chi connectivity index (χ0n) is 16.5. The Hall–Kier alpha value is -2.14. The minimum atomic E-state index is 0.472. The number of hydrogen-bond donors (Lipinski definition) is 0. The fourth-order valence-corrected chi connectivity index (χ4v) is 2.10. The highest BCUT2D eigenvalue weighted by Gasteiger charge is 2.07. The molecule has 0 radical (unpaired) electrons. The van der Waals surface area contributed by atoms with Crippen molar-refractivity contribution in [3.8, 4) is 0 Å². The van der Waals surface area contributed by atoms with E-state index in [2.05, 4.69) is 33.3 Å². The number of nitrogens with zero attached hydrogens (tertiary/aromatic N) is 4. The molecule has 1 heterocycles. The Morgan fingerprint density at radius 3 is 2.77 bits per heavy atom. The largest absolute Gasteiger partial charge is 0.501 e. The third-order valence-corrected chi connectivity index (χ3v) is 3.35. The van der Waals surface area contributed by atoms with Crippen molar-refractivity contribution in [1.82, 2.24) is 9.78 Å². The molecule has 0 saturated carbocycles. The lowest BCUT2D eigenvalue weighted by Gasteiger charge is -2.13. The summed E-state index contributed by atoms with van der Waals surface area (Å²) in [5.74, 6) is 1.52. The number of aryl methyl sites for hydroxylation is 1. The number of methoxy groups -OCH3 is 1. The minimum Gasteiger partial charge on any atom is -0.501 e. The summed E-state index contributed by atoms with van der Waals surface area (Å²) in [6, 6.07) is 1.92. The molecule has 26 heavy (non-hydrogen) atoms. The zero-order valence-corrected chi connectivity index (χ0v) is 17.2. The van der Waals surface area contributed by atoms with E-state index < -0.39 is 0 Å². The van der Waals surface area contributed by atoms with Gasteiger partial charge in [-0.05, 0) is 19.1 Å². The fourth-order valence-electron chi connectivity index (χ4n) is 2.03. The van der Waals surface area contributed by atoms with Gasteiger partial charge >= 0.3 is 0 Å². The summed E-state index contributed by atoms with van der Waals surface area (Å²) in [5, 5.41) is 4.09. The van der Waals surface area contributed by atoms with Gasteiger partial charge in [0.1, 0.15) is 6.67 Å². The molecule has 0 bridgehead atoms. The highest BCUT2D eigenvalue weighted by atomic mass is 35.5. The van der Waals surface area contributed by atoms with Gasteiger partial charge in [-0.15, -0.1) is 0 Å². The van der Waals surface area contributed by atoms with Crippen molar-refractivity contribution in [2.45, 2.75) is 40.3 Å². The Labute approximate surface area is 162 Å². The second-order valence-electron chi connectivity index (χ2n) is 5.11. The van der Waals surface area contributed by atoms with Gasteiger partial charge in [0.15, 0.2) is 0 Å². The van der Waals surface area contributed by atoms with Crippen LogP contribution >= 0.6 is 11.6 Å². The van der Waals surface area contributed by atoms with Crippen LogP contribution in [-0.2, 0) is 11.4 Å². The second-order valence-corrected chi connectivity index (χ2v) is 5.31. The van der Waals surface area contributed by atoms with E-state index in [1.54, 1.807) is 18.8 Å². The van der Waals surface area contributed by atoms with Gasteiger partial charge in [-0.1, -0.05) is 49.8 Å². The van der Waals surface area contributed by atoms with Crippen molar-refractivity contribution < 1.29 is 4.74 Å². The number of rotatable bonds is 6. The molecule has 1 aliphatic carbocycles. The van der Waals surface area contributed by atoms with Crippen molar-refractivity contribution in [2.24, 2.45) is 15.9 Å².